The van der Waals surface area contributed by atoms with Crippen LogP contribution in [0.3, 0.4) is 0 Å². The van der Waals surface area contributed by atoms with Gasteiger partial charge in [-0.1, -0.05) is 59.3 Å². The summed E-state index contributed by atoms with van der Waals surface area (Å²) in [4.78, 5) is 11.7. The highest BCUT2D eigenvalue weighted by molar-refractivity contribution is 5.69. The summed E-state index contributed by atoms with van der Waals surface area (Å²) in [6, 6.07) is 0. The third kappa shape index (κ3) is 10.6. The van der Waals surface area contributed by atoms with E-state index < -0.39 is 0 Å². The highest BCUT2D eigenvalue weighted by atomic mass is 16.5. The molecule has 2 nitrogen and oxygen atoms in total. The number of ether oxygens (including phenoxy) is 1. The van der Waals surface area contributed by atoms with E-state index in [0.717, 1.165) is 19.3 Å². The minimum absolute atomic E-state index is 0.0111. The molecule has 0 heterocycles. The van der Waals surface area contributed by atoms with Gasteiger partial charge in [-0.3, -0.25) is 4.79 Å². The smallest absolute Gasteiger partial charge is 0.306 e. The van der Waals surface area contributed by atoms with Gasteiger partial charge in [0.25, 0.3) is 0 Å². The van der Waals surface area contributed by atoms with Gasteiger partial charge in [-0.2, -0.15) is 0 Å². The molecule has 0 aliphatic heterocycles. The third-order valence-corrected chi connectivity index (χ3v) is 3.36. The topological polar surface area (TPSA) is 26.3 Å². The van der Waals surface area contributed by atoms with E-state index >= 15 is 0 Å². The highest BCUT2D eigenvalue weighted by Gasteiger charge is 2.13. The van der Waals surface area contributed by atoms with Crippen molar-refractivity contribution >= 4 is 5.97 Å². The molecule has 108 valence electrons. The van der Waals surface area contributed by atoms with Crippen molar-refractivity contribution in [3.8, 4) is 0 Å². The van der Waals surface area contributed by atoms with Gasteiger partial charge in [0, 0.05) is 6.42 Å². The van der Waals surface area contributed by atoms with E-state index in [2.05, 4.69) is 20.8 Å². The first kappa shape index (κ1) is 17.5. The number of carbonyl (C=O) groups is 1. The largest absolute Gasteiger partial charge is 0.463 e. The van der Waals surface area contributed by atoms with E-state index in [1.165, 1.54) is 32.1 Å². The molecule has 0 spiro atoms. The maximum Gasteiger partial charge on any atom is 0.306 e. The Morgan fingerprint density at radius 2 is 1.50 bits per heavy atom. The first-order chi connectivity index (χ1) is 8.60. The van der Waals surface area contributed by atoms with E-state index in [1.807, 2.05) is 6.92 Å². The Morgan fingerprint density at radius 1 is 0.944 bits per heavy atom. The van der Waals surface area contributed by atoms with Crippen molar-refractivity contribution in [2.75, 3.05) is 0 Å². The summed E-state index contributed by atoms with van der Waals surface area (Å²) >= 11 is 0. The molecule has 0 fully saturated rings. The SMILES string of the molecule is CCCCCC(C)CC(=O)OC(C)CCCCC. The summed E-state index contributed by atoms with van der Waals surface area (Å²) in [5.74, 6) is 0.454. The van der Waals surface area contributed by atoms with Gasteiger partial charge in [0.2, 0.25) is 0 Å². The van der Waals surface area contributed by atoms with Gasteiger partial charge in [-0.25, -0.2) is 0 Å². The monoisotopic (exact) mass is 256 g/mol. The van der Waals surface area contributed by atoms with Gasteiger partial charge >= 0.3 is 5.97 Å². The summed E-state index contributed by atoms with van der Waals surface area (Å²) < 4.78 is 5.43. The molecular weight excluding hydrogens is 224 g/mol. The van der Waals surface area contributed by atoms with Crippen molar-refractivity contribution in [1.82, 2.24) is 0 Å². The highest BCUT2D eigenvalue weighted by Crippen LogP contribution is 2.15. The molecule has 0 amide bonds. The molecule has 0 N–H and O–H groups in total. The van der Waals surface area contributed by atoms with Crippen LogP contribution in [0.2, 0.25) is 0 Å². The van der Waals surface area contributed by atoms with Crippen LogP contribution in [0.5, 0.6) is 0 Å². The normalized spacial score (nSPS) is 14.2. The molecule has 0 bridgehead atoms. The molecule has 0 rings (SSSR count). The van der Waals surface area contributed by atoms with Gasteiger partial charge in [-0.15, -0.1) is 0 Å². The fourth-order valence-corrected chi connectivity index (χ4v) is 2.14. The molecule has 0 aromatic carbocycles. The van der Waals surface area contributed by atoms with Gasteiger partial charge in [0.05, 0.1) is 6.10 Å². The van der Waals surface area contributed by atoms with Gasteiger partial charge in [-0.05, 0) is 25.7 Å². The lowest BCUT2D eigenvalue weighted by Crippen LogP contribution is -2.17. The first-order valence-electron chi connectivity index (χ1n) is 7.79. The summed E-state index contributed by atoms with van der Waals surface area (Å²) in [5.41, 5.74) is 0. The number of rotatable bonds is 11. The van der Waals surface area contributed by atoms with Crippen molar-refractivity contribution in [3.63, 3.8) is 0 Å². The average Bonchev–Trinajstić information content (AvgIpc) is 2.29. The minimum atomic E-state index is -0.0111. The second-order valence-electron chi connectivity index (χ2n) is 5.60. The Kier molecular flexibility index (Phi) is 11.2. The van der Waals surface area contributed by atoms with Crippen LogP contribution >= 0.6 is 0 Å². The van der Waals surface area contributed by atoms with Crippen LogP contribution in [0.4, 0.5) is 0 Å². The van der Waals surface area contributed by atoms with Crippen LogP contribution in [0.1, 0.15) is 85.5 Å². The Labute approximate surface area is 113 Å². The maximum absolute atomic E-state index is 11.7. The molecule has 0 aliphatic rings. The first-order valence-corrected chi connectivity index (χ1v) is 7.79. The predicted molar refractivity (Wildman–Crippen MR) is 77.6 cm³/mol. The number of hydrogen-bond donors (Lipinski definition) is 0. The number of hydrogen-bond acceptors (Lipinski definition) is 2. The molecule has 18 heavy (non-hydrogen) atoms. The molecular formula is C16H32O2. The molecule has 0 aromatic heterocycles. The lowest BCUT2D eigenvalue weighted by atomic mass is 10.00. The third-order valence-electron chi connectivity index (χ3n) is 3.36. The van der Waals surface area contributed by atoms with E-state index in [1.54, 1.807) is 0 Å². The summed E-state index contributed by atoms with van der Waals surface area (Å²) in [5, 5.41) is 0. The predicted octanol–water partition coefficient (Wildman–Crippen LogP) is 5.10. The zero-order valence-electron chi connectivity index (χ0n) is 12.8. The fourth-order valence-electron chi connectivity index (χ4n) is 2.14. The summed E-state index contributed by atoms with van der Waals surface area (Å²) in [7, 11) is 0. The summed E-state index contributed by atoms with van der Waals surface area (Å²) in [6.07, 6.45) is 10.2. The molecule has 2 unspecified atom stereocenters. The van der Waals surface area contributed by atoms with Gasteiger partial charge < -0.3 is 4.74 Å². The van der Waals surface area contributed by atoms with E-state index in [9.17, 15) is 4.79 Å². The van der Waals surface area contributed by atoms with Crippen LogP contribution < -0.4 is 0 Å². The second kappa shape index (κ2) is 11.6. The van der Waals surface area contributed by atoms with E-state index in [4.69, 9.17) is 4.74 Å². The molecule has 0 aromatic rings. The molecule has 0 saturated heterocycles. The van der Waals surface area contributed by atoms with Crippen molar-refractivity contribution in [2.24, 2.45) is 5.92 Å². The van der Waals surface area contributed by atoms with Crippen LogP contribution in [0.25, 0.3) is 0 Å². The molecule has 0 aliphatic carbocycles. The zero-order chi connectivity index (χ0) is 13.8. The molecule has 0 radical (unpaired) electrons. The van der Waals surface area contributed by atoms with Crippen LogP contribution in [-0.2, 0) is 9.53 Å². The second-order valence-corrected chi connectivity index (χ2v) is 5.60. The Balaban J connectivity index is 3.61. The lowest BCUT2D eigenvalue weighted by molar-refractivity contribution is -0.149. The maximum atomic E-state index is 11.7. The quantitative estimate of drug-likeness (QED) is 0.379. The Hall–Kier alpha value is -0.530. The van der Waals surface area contributed by atoms with Crippen LogP contribution in [0.15, 0.2) is 0 Å². The molecule has 0 saturated carbocycles. The van der Waals surface area contributed by atoms with Crippen LogP contribution in [-0.4, -0.2) is 12.1 Å². The van der Waals surface area contributed by atoms with E-state index in [-0.39, 0.29) is 12.1 Å². The molecule has 2 heteroatoms. The van der Waals surface area contributed by atoms with Crippen molar-refractivity contribution in [2.45, 2.75) is 91.6 Å². The average molecular weight is 256 g/mol. The van der Waals surface area contributed by atoms with Crippen molar-refractivity contribution in [3.05, 3.63) is 0 Å². The fraction of sp³-hybridized carbons (Fsp3) is 0.938. The Morgan fingerprint density at radius 3 is 2.06 bits per heavy atom. The van der Waals surface area contributed by atoms with Gasteiger partial charge in [0.1, 0.15) is 0 Å². The number of esters is 1. The minimum Gasteiger partial charge on any atom is -0.463 e. The zero-order valence-corrected chi connectivity index (χ0v) is 12.8. The van der Waals surface area contributed by atoms with Crippen LogP contribution in [0, 0.1) is 5.92 Å². The van der Waals surface area contributed by atoms with Crippen molar-refractivity contribution in [1.29, 1.82) is 0 Å². The number of carbonyl (C=O) groups excluding carboxylic acids is 1. The van der Waals surface area contributed by atoms with E-state index in [0.29, 0.717) is 12.3 Å². The Bertz CT molecular complexity index is 181. The summed E-state index contributed by atoms with van der Waals surface area (Å²) in [6.45, 7) is 8.56. The number of unbranched alkanes of at least 4 members (excludes halogenated alkanes) is 4. The van der Waals surface area contributed by atoms with Gasteiger partial charge in [0.15, 0.2) is 0 Å². The standard InChI is InChI=1S/C16H32O2/c1-5-7-9-11-14(3)13-16(17)18-15(4)12-10-8-6-2/h14-15H,5-13H2,1-4H3. The van der Waals surface area contributed by atoms with Crippen molar-refractivity contribution < 1.29 is 9.53 Å². The molecule has 2 atom stereocenters. The lowest BCUT2D eigenvalue weighted by Gasteiger charge is -2.15.